The Morgan fingerprint density at radius 3 is 3.00 bits per heavy atom. The highest BCUT2D eigenvalue weighted by molar-refractivity contribution is 7.71. The molecule has 2 nitrogen and oxygen atoms in total. The average molecular weight is 262 g/mol. The normalized spacial score (nSPS) is 18.6. The van der Waals surface area contributed by atoms with Crippen LogP contribution in [0.25, 0.3) is 0 Å². The van der Waals surface area contributed by atoms with Gasteiger partial charge in [-0.25, -0.2) is 4.39 Å². The zero-order valence-electron chi connectivity index (χ0n) is 10.0. The molecule has 1 aromatic carbocycles. The Morgan fingerprint density at radius 2 is 2.22 bits per heavy atom. The van der Waals surface area contributed by atoms with Crippen molar-refractivity contribution in [3.8, 4) is 0 Å². The highest BCUT2D eigenvalue weighted by Gasteiger charge is 2.19. The van der Waals surface area contributed by atoms with Crippen LogP contribution in [0, 0.1) is 16.5 Å². The van der Waals surface area contributed by atoms with Crippen molar-refractivity contribution in [2.24, 2.45) is 5.92 Å². The molecule has 0 saturated heterocycles. The summed E-state index contributed by atoms with van der Waals surface area (Å²) in [4.78, 5) is 6.15. The number of hydrogen-bond acceptors (Lipinski definition) is 1. The molecule has 2 N–H and O–H groups in total. The summed E-state index contributed by atoms with van der Waals surface area (Å²) in [5.41, 5.74) is 3.63. The number of nitrogens with one attached hydrogen (secondary N) is 2. The fourth-order valence-corrected chi connectivity index (χ4v) is 2.95. The van der Waals surface area contributed by atoms with E-state index in [-0.39, 0.29) is 5.82 Å². The highest BCUT2D eigenvalue weighted by Crippen LogP contribution is 2.28. The molecule has 1 heterocycles. The second-order valence-corrected chi connectivity index (χ2v) is 5.40. The average Bonchev–Trinajstić information content (AvgIpc) is 2.75. The van der Waals surface area contributed by atoms with Crippen LogP contribution < -0.4 is 0 Å². The number of aromatic nitrogens is 2. The molecule has 94 valence electrons. The lowest BCUT2D eigenvalue weighted by Gasteiger charge is -2.24. The molecule has 1 aliphatic rings. The number of H-pyrrole nitrogens is 2. The Labute approximate surface area is 110 Å². The lowest BCUT2D eigenvalue weighted by Crippen LogP contribution is -2.16. The lowest BCUT2D eigenvalue weighted by atomic mass is 9.82. The summed E-state index contributed by atoms with van der Waals surface area (Å²) in [5.74, 6) is 0.492. The predicted octanol–water partition coefficient (Wildman–Crippen LogP) is 3.56. The molecule has 0 saturated carbocycles. The molecule has 0 bridgehead atoms. The number of halogens is 1. The van der Waals surface area contributed by atoms with Gasteiger partial charge in [-0.15, -0.1) is 0 Å². The maximum Gasteiger partial charge on any atom is 0.174 e. The first-order valence-electron chi connectivity index (χ1n) is 6.24. The molecule has 1 atom stereocenters. The van der Waals surface area contributed by atoms with Crippen LogP contribution in [0.1, 0.15) is 23.2 Å². The smallest absolute Gasteiger partial charge is 0.174 e. The van der Waals surface area contributed by atoms with Crippen molar-refractivity contribution in [2.75, 3.05) is 0 Å². The number of rotatable bonds is 2. The van der Waals surface area contributed by atoms with Crippen molar-refractivity contribution in [2.45, 2.75) is 25.7 Å². The third-order valence-corrected chi connectivity index (χ3v) is 3.88. The van der Waals surface area contributed by atoms with Gasteiger partial charge in [0.25, 0.3) is 0 Å². The van der Waals surface area contributed by atoms with Crippen molar-refractivity contribution in [1.29, 1.82) is 0 Å². The Hall–Kier alpha value is -1.42. The van der Waals surface area contributed by atoms with Gasteiger partial charge in [0.15, 0.2) is 4.77 Å². The van der Waals surface area contributed by atoms with Crippen molar-refractivity contribution >= 4 is 12.2 Å². The molecular formula is C14H15FN2S. The van der Waals surface area contributed by atoms with Gasteiger partial charge in [-0.1, -0.05) is 6.07 Å². The summed E-state index contributed by atoms with van der Waals surface area (Å²) in [6, 6.07) is 5.16. The molecule has 0 fully saturated rings. The SMILES string of the molecule is Fc1ccc2c(c1)CCC(Cc1c[nH]c(=S)[nH]1)C2. The zero-order valence-corrected chi connectivity index (χ0v) is 10.8. The Balaban J connectivity index is 1.75. The van der Waals surface area contributed by atoms with Crippen LogP contribution in [0.3, 0.4) is 0 Å². The summed E-state index contributed by atoms with van der Waals surface area (Å²) < 4.78 is 13.8. The van der Waals surface area contributed by atoms with Crippen molar-refractivity contribution in [1.82, 2.24) is 9.97 Å². The second kappa shape index (κ2) is 4.69. The quantitative estimate of drug-likeness (QED) is 0.797. The van der Waals surface area contributed by atoms with E-state index in [4.69, 9.17) is 12.2 Å². The molecule has 0 aliphatic heterocycles. The van der Waals surface area contributed by atoms with Gasteiger partial charge < -0.3 is 9.97 Å². The number of aryl methyl sites for hydroxylation is 1. The van der Waals surface area contributed by atoms with Crippen LogP contribution in [0.15, 0.2) is 24.4 Å². The molecule has 4 heteroatoms. The third kappa shape index (κ3) is 2.38. The van der Waals surface area contributed by atoms with E-state index < -0.39 is 0 Å². The van der Waals surface area contributed by atoms with Crippen LogP contribution in [0.2, 0.25) is 0 Å². The van der Waals surface area contributed by atoms with Gasteiger partial charge in [-0.3, -0.25) is 0 Å². The fourth-order valence-electron chi connectivity index (χ4n) is 2.76. The van der Waals surface area contributed by atoms with Crippen molar-refractivity contribution in [3.05, 3.63) is 51.8 Å². The van der Waals surface area contributed by atoms with E-state index in [1.54, 1.807) is 12.1 Å². The maximum absolute atomic E-state index is 13.1. The summed E-state index contributed by atoms with van der Waals surface area (Å²) in [6.45, 7) is 0. The molecule has 0 radical (unpaired) electrons. The van der Waals surface area contributed by atoms with E-state index >= 15 is 0 Å². The first kappa shape index (κ1) is 11.7. The van der Waals surface area contributed by atoms with Crippen molar-refractivity contribution < 1.29 is 4.39 Å². The number of aromatic amines is 2. The molecule has 18 heavy (non-hydrogen) atoms. The Bertz CT molecular complexity index is 614. The Morgan fingerprint density at radius 1 is 1.33 bits per heavy atom. The van der Waals surface area contributed by atoms with E-state index in [0.29, 0.717) is 10.7 Å². The lowest BCUT2D eigenvalue weighted by molar-refractivity contribution is 0.450. The number of benzene rings is 1. The minimum atomic E-state index is -0.123. The molecular weight excluding hydrogens is 247 g/mol. The van der Waals surface area contributed by atoms with Gasteiger partial charge in [0.2, 0.25) is 0 Å². The molecule has 2 aromatic rings. The maximum atomic E-state index is 13.1. The molecule has 0 spiro atoms. The first-order valence-corrected chi connectivity index (χ1v) is 6.65. The van der Waals surface area contributed by atoms with Crippen LogP contribution in [0.5, 0.6) is 0 Å². The van der Waals surface area contributed by atoms with Crippen LogP contribution >= 0.6 is 12.2 Å². The molecule has 1 aromatic heterocycles. The standard InChI is InChI=1S/C14H15FN2S/c15-12-4-3-10-5-9(1-2-11(10)7-12)6-13-8-16-14(18)17-13/h3-4,7-9H,1-2,5-6H2,(H2,16,17,18). The van der Waals surface area contributed by atoms with Gasteiger partial charge in [0.05, 0.1) is 0 Å². The van der Waals surface area contributed by atoms with Gasteiger partial charge >= 0.3 is 0 Å². The van der Waals surface area contributed by atoms with Crippen molar-refractivity contribution in [3.63, 3.8) is 0 Å². The van der Waals surface area contributed by atoms with Gasteiger partial charge in [0, 0.05) is 11.9 Å². The van der Waals surface area contributed by atoms with E-state index in [9.17, 15) is 4.39 Å². The van der Waals surface area contributed by atoms with Crippen LogP contribution in [-0.4, -0.2) is 9.97 Å². The van der Waals surface area contributed by atoms with Crippen LogP contribution in [-0.2, 0) is 19.3 Å². The van der Waals surface area contributed by atoms with E-state index in [1.165, 1.54) is 11.1 Å². The van der Waals surface area contributed by atoms with E-state index in [1.807, 2.05) is 12.3 Å². The topological polar surface area (TPSA) is 31.6 Å². The molecule has 1 unspecified atom stereocenters. The van der Waals surface area contributed by atoms with Gasteiger partial charge in [-0.05, 0) is 67.1 Å². The minimum absolute atomic E-state index is 0.123. The number of hydrogen-bond donors (Lipinski definition) is 2. The summed E-state index contributed by atoms with van der Waals surface area (Å²) in [5, 5.41) is 0. The Kier molecular flexibility index (Phi) is 3.04. The summed E-state index contributed by atoms with van der Waals surface area (Å²) >= 11 is 5.03. The largest absolute Gasteiger partial charge is 0.337 e. The number of fused-ring (bicyclic) bond motifs is 1. The molecule has 0 amide bonds. The van der Waals surface area contributed by atoms with E-state index in [2.05, 4.69) is 9.97 Å². The minimum Gasteiger partial charge on any atom is -0.337 e. The highest BCUT2D eigenvalue weighted by atomic mass is 32.1. The zero-order chi connectivity index (χ0) is 12.5. The first-order chi connectivity index (χ1) is 8.70. The number of imidazole rings is 1. The third-order valence-electron chi connectivity index (χ3n) is 3.66. The van der Waals surface area contributed by atoms with E-state index in [0.717, 1.165) is 31.4 Å². The predicted molar refractivity (Wildman–Crippen MR) is 71.6 cm³/mol. The summed E-state index contributed by atoms with van der Waals surface area (Å²) in [6.07, 6.45) is 6.07. The van der Waals surface area contributed by atoms with Gasteiger partial charge in [-0.2, -0.15) is 0 Å². The summed E-state index contributed by atoms with van der Waals surface area (Å²) in [7, 11) is 0. The molecule has 1 aliphatic carbocycles. The fraction of sp³-hybridized carbons (Fsp3) is 0.357. The monoisotopic (exact) mass is 262 g/mol. The second-order valence-electron chi connectivity index (χ2n) is 4.99. The molecule has 3 rings (SSSR count). The van der Waals surface area contributed by atoms with Gasteiger partial charge in [0.1, 0.15) is 5.82 Å². The van der Waals surface area contributed by atoms with Crippen LogP contribution in [0.4, 0.5) is 4.39 Å².